The summed E-state index contributed by atoms with van der Waals surface area (Å²) in [6, 6.07) is 15.7. The maximum Gasteiger partial charge on any atom is 0.291 e. The number of aromatic nitrogens is 3. The Morgan fingerprint density at radius 3 is 2.58 bits per heavy atom. The van der Waals surface area contributed by atoms with Gasteiger partial charge in [-0.3, -0.25) is 9.69 Å². The number of piperazine rings is 1. The zero-order chi connectivity index (χ0) is 21.8. The maximum absolute atomic E-state index is 12.6. The third-order valence-corrected chi connectivity index (χ3v) is 5.82. The summed E-state index contributed by atoms with van der Waals surface area (Å²) in [4.78, 5) is 21.8. The summed E-state index contributed by atoms with van der Waals surface area (Å²) in [5.41, 5.74) is 3.01. The molecular weight excluding hydrogens is 412 g/mol. The van der Waals surface area contributed by atoms with Crippen LogP contribution in [0.5, 0.6) is 0 Å². The van der Waals surface area contributed by atoms with Crippen molar-refractivity contribution in [1.82, 2.24) is 29.9 Å². The smallest absolute Gasteiger partial charge is 0.291 e. The minimum absolute atomic E-state index is 0.131. The molecule has 0 radical (unpaired) electrons. The number of rotatable bonds is 6. The molecule has 1 aromatic heterocycles. The van der Waals surface area contributed by atoms with E-state index >= 15 is 0 Å². The first-order valence-electron chi connectivity index (χ1n) is 10.4. The van der Waals surface area contributed by atoms with Gasteiger partial charge in [0.25, 0.3) is 5.91 Å². The normalized spacial score (nSPS) is 15.2. The van der Waals surface area contributed by atoms with Crippen molar-refractivity contribution < 1.29 is 4.79 Å². The highest BCUT2D eigenvalue weighted by molar-refractivity contribution is 6.32. The molecule has 0 bridgehead atoms. The summed E-state index contributed by atoms with van der Waals surface area (Å²) in [7, 11) is 2.16. The number of halogens is 1. The summed E-state index contributed by atoms with van der Waals surface area (Å²) < 4.78 is 1.59. The minimum Gasteiger partial charge on any atom is -0.345 e. The second-order valence-electron chi connectivity index (χ2n) is 7.93. The zero-order valence-corrected chi connectivity index (χ0v) is 18.6. The van der Waals surface area contributed by atoms with Crippen LogP contribution in [0.4, 0.5) is 0 Å². The third-order valence-electron chi connectivity index (χ3n) is 5.50. The van der Waals surface area contributed by atoms with Crippen LogP contribution < -0.4 is 5.32 Å². The van der Waals surface area contributed by atoms with Crippen molar-refractivity contribution in [3.8, 4) is 5.69 Å². The van der Waals surface area contributed by atoms with Crippen LogP contribution in [0.2, 0.25) is 5.02 Å². The van der Waals surface area contributed by atoms with E-state index in [0.29, 0.717) is 23.1 Å². The standard InChI is InChI=1S/C23H27ClN6O/c1-17-26-22(27-30(17)21-9-4-3-8-20(21)24)23(31)25-15-18-6-5-7-19(14-18)16-29-12-10-28(2)11-13-29/h3-9,14H,10-13,15-16H2,1-2H3,(H,25,31). The lowest BCUT2D eigenvalue weighted by molar-refractivity contribution is 0.0940. The molecule has 8 heteroatoms. The fraction of sp³-hybridized carbons (Fsp3) is 0.348. The monoisotopic (exact) mass is 438 g/mol. The van der Waals surface area contributed by atoms with Crippen LogP contribution in [0.3, 0.4) is 0 Å². The highest BCUT2D eigenvalue weighted by atomic mass is 35.5. The molecule has 7 nitrogen and oxygen atoms in total. The lowest BCUT2D eigenvalue weighted by Crippen LogP contribution is -2.43. The Labute approximate surface area is 187 Å². The molecule has 4 rings (SSSR count). The third kappa shape index (κ3) is 5.31. The number of likely N-dealkylation sites (N-methyl/N-ethyl adjacent to an activating group) is 1. The molecule has 0 unspecified atom stereocenters. The molecule has 0 saturated carbocycles. The largest absolute Gasteiger partial charge is 0.345 e. The fourth-order valence-electron chi connectivity index (χ4n) is 3.70. The van der Waals surface area contributed by atoms with E-state index in [4.69, 9.17) is 11.6 Å². The lowest BCUT2D eigenvalue weighted by Gasteiger charge is -2.32. The Hall–Kier alpha value is -2.74. The second kappa shape index (κ2) is 9.60. The predicted molar refractivity (Wildman–Crippen MR) is 121 cm³/mol. The van der Waals surface area contributed by atoms with Crippen molar-refractivity contribution in [3.63, 3.8) is 0 Å². The van der Waals surface area contributed by atoms with Crippen LogP contribution in [0, 0.1) is 6.92 Å². The lowest BCUT2D eigenvalue weighted by atomic mass is 10.1. The number of hydrogen-bond acceptors (Lipinski definition) is 5. The van der Waals surface area contributed by atoms with Gasteiger partial charge in [0.1, 0.15) is 5.82 Å². The van der Waals surface area contributed by atoms with E-state index in [1.54, 1.807) is 17.7 Å². The van der Waals surface area contributed by atoms with Gasteiger partial charge in [-0.1, -0.05) is 48.0 Å². The topological polar surface area (TPSA) is 66.3 Å². The van der Waals surface area contributed by atoms with Crippen LogP contribution in [-0.2, 0) is 13.1 Å². The molecule has 1 N–H and O–H groups in total. The number of amides is 1. The highest BCUT2D eigenvalue weighted by Crippen LogP contribution is 2.20. The van der Waals surface area contributed by atoms with Crippen LogP contribution in [0.15, 0.2) is 48.5 Å². The molecule has 0 aliphatic carbocycles. The first-order chi connectivity index (χ1) is 15.0. The molecule has 1 aliphatic rings. The molecule has 3 aromatic rings. The van der Waals surface area contributed by atoms with E-state index < -0.39 is 0 Å². The van der Waals surface area contributed by atoms with Gasteiger partial charge in [-0.15, -0.1) is 5.10 Å². The van der Waals surface area contributed by atoms with Gasteiger partial charge in [0.2, 0.25) is 5.82 Å². The Bertz CT molecular complexity index is 1060. The summed E-state index contributed by atoms with van der Waals surface area (Å²) in [5.74, 6) is 0.428. The van der Waals surface area contributed by atoms with E-state index in [1.165, 1.54) is 5.56 Å². The van der Waals surface area contributed by atoms with Crippen molar-refractivity contribution >= 4 is 17.5 Å². The van der Waals surface area contributed by atoms with Gasteiger partial charge in [-0.25, -0.2) is 9.67 Å². The van der Waals surface area contributed by atoms with Gasteiger partial charge in [-0.2, -0.15) is 0 Å². The summed E-state index contributed by atoms with van der Waals surface area (Å²) in [6.45, 7) is 7.52. The van der Waals surface area contributed by atoms with E-state index in [0.717, 1.165) is 38.3 Å². The Morgan fingerprint density at radius 1 is 1.06 bits per heavy atom. The van der Waals surface area contributed by atoms with E-state index in [1.807, 2.05) is 30.3 Å². The average Bonchev–Trinajstić information content (AvgIpc) is 3.16. The molecule has 0 atom stereocenters. The molecule has 0 spiro atoms. The summed E-state index contributed by atoms with van der Waals surface area (Å²) in [6.07, 6.45) is 0. The van der Waals surface area contributed by atoms with Crippen LogP contribution in [0.1, 0.15) is 27.6 Å². The van der Waals surface area contributed by atoms with Crippen LogP contribution >= 0.6 is 11.6 Å². The van der Waals surface area contributed by atoms with Gasteiger partial charge in [0.05, 0.1) is 10.7 Å². The zero-order valence-electron chi connectivity index (χ0n) is 17.9. The van der Waals surface area contributed by atoms with Gasteiger partial charge in [-0.05, 0) is 37.2 Å². The molecule has 1 amide bonds. The van der Waals surface area contributed by atoms with Gasteiger partial charge >= 0.3 is 0 Å². The fourth-order valence-corrected chi connectivity index (χ4v) is 3.92. The number of aryl methyl sites for hydroxylation is 1. The maximum atomic E-state index is 12.6. The number of para-hydroxylation sites is 1. The van der Waals surface area contributed by atoms with E-state index in [-0.39, 0.29) is 11.7 Å². The number of carbonyl (C=O) groups excluding carboxylic acids is 1. The predicted octanol–water partition coefficient (Wildman–Crippen LogP) is 2.91. The van der Waals surface area contributed by atoms with Gasteiger partial charge in [0, 0.05) is 39.3 Å². The number of nitrogens with one attached hydrogen (secondary N) is 1. The van der Waals surface area contributed by atoms with Crippen molar-refractivity contribution in [2.45, 2.75) is 20.0 Å². The van der Waals surface area contributed by atoms with Crippen LogP contribution in [0.25, 0.3) is 5.69 Å². The van der Waals surface area contributed by atoms with Crippen molar-refractivity contribution in [2.75, 3.05) is 33.2 Å². The number of hydrogen-bond donors (Lipinski definition) is 1. The quantitative estimate of drug-likeness (QED) is 0.641. The molecule has 162 valence electrons. The number of benzene rings is 2. The highest BCUT2D eigenvalue weighted by Gasteiger charge is 2.17. The van der Waals surface area contributed by atoms with Crippen molar-refractivity contribution in [3.05, 3.63) is 76.3 Å². The van der Waals surface area contributed by atoms with Crippen LogP contribution in [-0.4, -0.2) is 63.7 Å². The van der Waals surface area contributed by atoms with Gasteiger partial charge in [0.15, 0.2) is 0 Å². The molecule has 31 heavy (non-hydrogen) atoms. The number of nitrogens with zero attached hydrogens (tertiary/aromatic N) is 5. The van der Waals surface area contributed by atoms with Crippen molar-refractivity contribution in [2.24, 2.45) is 0 Å². The van der Waals surface area contributed by atoms with Gasteiger partial charge < -0.3 is 10.2 Å². The molecule has 1 aliphatic heterocycles. The molecule has 2 aromatic carbocycles. The SMILES string of the molecule is Cc1nc(C(=O)NCc2cccc(CN3CCN(C)CC3)c2)nn1-c1ccccc1Cl. The first kappa shape index (κ1) is 21.5. The molecule has 2 heterocycles. The second-order valence-corrected chi connectivity index (χ2v) is 8.34. The van der Waals surface area contributed by atoms with Crippen molar-refractivity contribution in [1.29, 1.82) is 0 Å². The van der Waals surface area contributed by atoms with E-state index in [9.17, 15) is 4.79 Å². The summed E-state index contributed by atoms with van der Waals surface area (Å²) in [5, 5.41) is 7.84. The average molecular weight is 439 g/mol. The summed E-state index contributed by atoms with van der Waals surface area (Å²) >= 11 is 6.26. The minimum atomic E-state index is -0.307. The Kier molecular flexibility index (Phi) is 6.65. The molecule has 1 fully saturated rings. The first-order valence-corrected chi connectivity index (χ1v) is 10.8. The number of carbonyl (C=O) groups is 1. The Morgan fingerprint density at radius 2 is 1.81 bits per heavy atom. The Balaban J connectivity index is 1.38. The molecule has 1 saturated heterocycles. The van der Waals surface area contributed by atoms with E-state index in [2.05, 4.69) is 44.4 Å². The molecular formula is C23H27ClN6O.